The van der Waals surface area contributed by atoms with E-state index in [1.165, 1.54) is 29.2 Å². The highest BCUT2D eigenvalue weighted by Gasteiger charge is 2.58. The predicted molar refractivity (Wildman–Crippen MR) is 129 cm³/mol. The van der Waals surface area contributed by atoms with Crippen LogP contribution in [0.1, 0.15) is 32.3 Å². The van der Waals surface area contributed by atoms with Gasteiger partial charge in [0.25, 0.3) is 17.7 Å². The topological polar surface area (TPSA) is 57.7 Å². The van der Waals surface area contributed by atoms with Crippen LogP contribution in [0.15, 0.2) is 48.5 Å². The molecule has 0 saturated carbocycles. The smallest absolute Gasteiger partial charge is 0.264 e. The third kappa shape index (κ3) is 3.32. The molecule has 11 heteroatoms. The molecule has 172 valence electrons. The summed E-state index contributed by atoms with van der Waals surface area (Å²) in [6.07, 6.45) is 0. The van der Waals surface area contributed by atoms with Crippen LogP contribution in [0.25, 0.3) is 0 Å². The average molecular weight is 559 g/mol. The maximum absolute atomic E-state index is 13.6. The number of halogens is 6. The highest BCUT2D eigenvalue weighted by molar-refractivity contribution is 6.55. The fourth-order valence-corrected chi connectivity index (χ4v) is 5.37. The van der Waals surface area contributed by atoms with Crippen molar-refractivity contribution < 1.29 is 18.8 Å². The molecule has 2 atom stereocenters. The van der Waals surface area contributed by atoms with E-state index in [4.69, 9.17) is 58.0 Å². The van der Waals surface area contributed by atoms with Crippen LogP contribution in [0, 0.1) is 5.82 Å². The summed E-state index contributed by atoms with van der Waals surface area (Å²) in [4.78, 5) is 42.3. The van der Waals surface area contributed by atoms with Gasteiger partial charge < -0.3 is 4.90 Å². The van der Waals surface area contributed by atoms with Gasteiger partial charge in [0.1, 0.15) is 11.9 Å². The highest BCUT2D eigenvalue weighted by Crippen LogP contribution is 2.49. The maximum Gasteiger partial charge on any atom is 0.264 e. The summed E-state index contributed by atoms with van der Waals surface area (Å²) in [5, 5.41) is -0.344. The Kier molecular flexibility index (Phi) is 5.78. The van der Waals surface area contributed by atoms with E-state index in [2.05, 4.69) is 0 Å². The second-order valence-electron chi connectivity index (χ2n) is 7.61. The predicted octanol–water partition coefficient (Wildman–Crippen LogP) is 6.85. The first-order chi connectivity index (χ1) is 16.1. The van der Waals surface area contributed by atoms with Crippen LogP contribution >= 0.6 is 58.0 Å². The van der Waals surface area contributed by atoms with Gasteiger partial charge in [-0.2, -0.15) is 0 Å². The number of benzene rings is 3. The molecule has 0 unspecified atom stereocenters. The van der Waals surface area contributed by atoms with Crippen LogP contribution in [-0.2, 0) is 4.79 Å². The van der Waals surface area contributed by atoms with Crippen LogP contribution in [0.2, 0.25) is 25.1 Å². The zero-order chi connectivity index (χ0) is 24.5. The van der Waals surface area contributed by atoms with Crippen LogP contribution in [0.4, 0.5) is 10.1 Å². The standard InChI is InChI=1S/C23H10Cl5FN2O3/c24-10-3-7-12(8-4-10)30-19(9-1-5-11(29)6-2-9)20(23(30)34)31-21(32)13-14(22(31)33)16(26)18(28)17(27)15(13)25/h1-8,19-20H/t19-,20+/m0/s1. The van der Waals surface area contributed by atoms with Gasteiger partial charge in [-0.1, -0.05) is 70.1 Å². The highest BCUT2D eigenvalue weighted by atomic mass is 35.5. The minimum Gasteiger partial charge on any atom is -0.300 e. The van der Waals surface area contributed by atoms with E-state index in [0.29, 0.717) is 16.3 Å². The van der Waals surface area contributed by atoms with Crippen molar-refractivity contribution >= 4 is 81.4 Å². The Bertz CT molecular complexity index is 1350. The first-order valence-electron chi connectivity index (χ1n) is 9.71. The first-order valence-corrected chi connectivity index (χ1v) is 11.6. The lowest BCUT2D eigenvalue weighted by Gasteiger charge is -2.49. The van der Waals surface area contributed by atoms with Gasteiger partial charge in [-0.3, -0.25) is 19.3 Å². The molecule has 0 bridgehead atoms. The fourth-order valence-electron chi connectivity index (χ4n) is 4.23. The van der Waals surface area contributed by atoms with Crippen molar-refractivity contribution in [3.05, 3.63) is 96.2 Å². The second kappa shape index (κ2) is 8.40. The molecule has 3 aromatic carbocycles. The van der Waals surface area contributed by atoms with E-state index >= 15 is 0 Å². The number of fused-ring (bicyclic) bond motifs is 1. The van der Waals surface area contributed by atoms with E-state index in [0.717, 1.165) is 4.90 Å². The molecular weight excluding hydrogens is 549 g/mol. The number of hydrogen-bond donors (Lipinski definition) is 0. The molecule has 5 rings (SSSR count). The second-order valence-corrected chi connectivity index (χ2v) is 9.56. The van der Waals surface area contributed by atoms with E-state index < -0.39 is 35.6 Å². The molecule has 2 aliphatic heterocycles. The molecule has 3 aromatic rings. The van der Waals surface area contributed by atoms with E-state index in [-0.39, 0.29) is 31.2 Å². The molecule has 2 aliphatic rings. The summed E-state index contributed by atoms with van der Waals surface area (Å²) >= 11 is 30.6. The largest absolute Gasteiger partial charge is 0.300 e. The summed E-state index contributed by atoms with van der Waals surface area (Å²) in [6, 6.07) is 9.83. The van der Waals surface area contributed by atoms with E-state index in [9.17, 15) is 18.8 Å². The third-order valence-electron chi connectivity index (χ3n) is 5.79. The van der Waals surface area contributed by atoms with Crippen molar-refractivity contribution in [2.45, 2.75) is 12.1 Å². The first kappa shape index (κ1) is 23.4. The number of β-lactam (4-membered cyclic amide) rings is 1. The number of amides is 3. The zero-order valence-electron chi connectivity index (χ0n) is 16.7. The monoisotopic (exact) mass is 556 g/mol. The Hall–Kier alpha value is -2.35. The Morgan fingerprint density at radius 3 is 1.62 bits per heavy atom. The number of nitrogens with zero attached hydrogens (tertiary/aromatic N) is 2. The zero-order valence-corrected chi connectivity index (χ0v) is 20.4. The van der Waals surface area contributed by atoms with E-state index in [1.807, 2.05) is 0 Å². The minimum absolute atomic E-state index is 0.173. The number of hydrogen-bond acceptors (Lipinski definition) is 3. The SMILES string of the molecule is O=C1c2c(Cl)c(Cl)c(Cl)c(Cl)c2C(=O)N1[C@H]1C(=O)N(c2ccc(Cl)cc2)[C@H]1c1ccc(F)cc1. The lowest BCUT2D eigenvalue weighted by Crippen LogP contribution is -2.67. The molecule has 0 spiro atoms. The van der Waals surface area contributed by atoms with Gasteiger partial charge in [-0.05, 0) is 42.0 Å². The molecule has 0 radical (unpaired) electrons. The van der Waals surface area contributed by atoms with Crippen LogP contribution in [0.3, 0.4) is 0 Å². The molecule has 2 heterocycles. The molecule has 0 aromatic heterocycles. The molecule has 0 aliphatic carbocycles. The molecular formula is C23H10Cl5FN2O3. The number of carbonyl (C=O) groups is 3. The number of carbonyl (C=O) groups excluding carboxylic acids is 3. The van der Waals surface area contributed by atoms with Crippen molar-refractivity contribution in [3.8, 4) is 0 Å². The van der Waals surface area contributed by atoms with Gasteiger partial charge in [0.15, 0.2) is 0 Å². The minimum atomic E-state index is -1.24. The van der Waals surface area contributed by atoms with Crippen LogP contribution in [-0.4, -0.2) is 28.7 Å². The Morgan fingerprint density at radius 1 is 0.618 bits per heavy atom. The van der Waals surface area contributed by atoms with Crippen molar-refractivity contribution in [1.29, 1.82) is 0 Å². The molecule has 0 N–H and O–H groups in total. The summed E-state index contributed by atoms with van der Waals surface area (Å²) in [5.74, 6) is -2.67. The summed E-state index contributed by atoms with van der Waals surface area (Å²) in [5.41, 5.74) is 0.549. The Balaban J connectivity index is 1.63. The third-order valence-corrected chi connectivity index (χ3v) is 7.85. The summed E-state index contributed by atoms with van der Waals surface area (Å²) in [6.45, 7) is 0. The molecule has 34 heavy (non-hydrogen) atoms. The van der Waals surface area contributed by atoms with Gasteiger partial charge in [0.05, 0.1) is 37.3 Å². The summed E-state index contributed by atoms with van der Waals surface area (Å²) in [7, 11) is 0. The quantitative estimate of drug-likeness (QED) is 0.153. The lowest BCUT2D eigenvalue weighted by molar-refractivity contribution is -0.130. The van der Waals surface area contributed by atoms with Gasteiger partial charge in [0.2, 0.25) is 0 Å². The molecule has 1 fully saturated rings. The Morgan fingerprint density at radius 2 is 1.12 bits per heavy atom. The Labute approximate surface area is 217 Å². The van der Waals surface area contributed by atoms with Gasteiger partial charge in [-0.25, -0.2) is 4.39 Å². The number of imide groups is 1. The van der Waals surface area contributed by atoms with E-state index in [1.54, 1.807) is 24.3 Å². The van der Waals surface area contributed by atoms with Crippen molar-refractivity contribution in [1.82, 2.24) is 4.90 Å². The number of anilines is 1. The van der Waals surface area contributed by atoms with Gasteiger partial charge in [0, 0.05) is 10.7 Å². The average Bonchev–Trinajstić information content (AvgIpc) is 3.07. The van der Waals surface area contributed by atoms with Crippen LogP contribution in [0.5, 0.6) is 0 Å². The van der Waals surface area contributed by atoms with Gasteiger partial charge >= 0.3 is 0 Å². The molecule has 1 saturated heterocycles. The number of rotatable bonds is 3. The van der Waals surface area contributed by atoms with Crippen molar-refractivity contribution in [2.24, 2.45) is 0 Å². The molecule has 3 amide bonds. The van der Waals surface area contributed by atoms with Crippen molar-refractivity contribution in [2.75, 3.05) is 4.90 Å². The normalized spacial score (nSPS) is 19.5. The fraction of sp³-hybridized carbons (Fsp3) is 0.0870. The summed E-state index contributed by atoms with van der Waals surface area (Å²) < 4.78 is 13.6. The van der Waals surface area contributed by atoms with Crippen LogP contribution < -0.4 is 4.90 Å². The maximum atomic E-state index is 13.6. The van der Waals surface area contributed by atoms with Crippen molar-refractivity contribution in [3.63, 3.8) is 0 Å². The lowest BCUT2D eigenvalue weighted by atomic mass is 9.86. The molecule has 5 nitrogen and oxygen atoms in total. The van der Waals surface area contributed by atoms with Gasteiger partial charge in [-0.15, -0.1) is 0 Å².